The van der Waals surface area contributed by atoms with Crippen molar-refractivity contribution >= 4 is 28.4 Å². The van der Waals surface area contributed by atoms with Gasteiger partial charge in [0.1, 0.15) is 10.8 Å². The summed E-state index contributed by atoms with van der Waals surface area (Å²) in [6.45, 7) is 2.07. The van der Waals surface area contributed by atoms with Crippen LogP contribution in [0.5, 0.6) is 0 Å². The Morgan fingerprint density at radius 1 is 1.09 bits per heavy atom. The summed E-state index contributed by atoms with van der Waals surface area (Å²) in [5, 5.41) is 13.8. The van der Waals surface area contributed by atoms with Crippen LogP contribution in [0.15, 0.2) is 47.1 Å². The van der Waals surface area contributed by atoms with E-state index in [1.807, 2.05) is 24.3 Å². The van der Waals surface area contributed by atoms with Crippen molar-refractivity contribution in [3.05, 3.63) is 59.8 Å². The van der Waals surface area contributed by atoms with Gasteiger partial charge in [0.25, 0.3) is 0 Å². The Bertz CT molecular complexity index is 933. The third kappa shape index (κ3) is 2.33. The molecule has 0 amide bonds. The molecule has 0 N–H and O–H groups in total. The summed E-state index contributed by atoms with van der Waals surface area (Å²) < 4.78 is 7.02. The minimum Gasteiger partial charge on any atom is -0.465 e. The predicted molar refractivity (Wildman–Crippen MR) is 86.5 cm³/mol. The Morgan fingerprint density at radius 2 is 1.95 bits per heavy atom. The molecule has 0 aliphatic heterocycles. The molecule has 6 heteroatoms. The van der Waals surface area contributed by atoms with Crippen LogP contribution in [-0.2, 0) is 0 Å². The Kier molecular flexibility index (Phi) is 3.08. The molecule has 3 heterocycles. The number of rotatable bonds is 3. The van der Waals surface area contributed by atoms with Crippen LogP contribution >= 0.6 is 11.3 Å². The Morgan fingerprint density at radius 3 is 2.73 bits per heavy atom. The van der Waals surface area contributed by atoms with E-state index in [9.17, 15) is 0 Å². The van der Waals surface area contributed by atoms with Crippen LogP contribution < -0.4 is 0 Å². The number of aryl methyl sites for hydroxylation is 1. The SMILES string of the molecule is Cc1ccc(-c2nn3c(/C=C/c4ccco4)nnc3s2)cc1. The smallest absolute Gasteiger partial charge is 0.235 e. The molecule has 0 aliphatic rings. The van der Waals surface area contributed by atoms with E-state index in [4.69, 9.17) is 4.42 Å². The highest BCUT2D eigenvalue weighted by Gasteiger charge is 2.11. The maximum atomic E-state index is 5.27. The molecular formula is C16H12N4OS. The normalized spacial score (nSPS) is 11.7. The van der Waals surface area contributed by atoms with Gasteiger partial charge in [-0.3, -0.25) is 0 Å². The highest BCUT2D eigenvalue weighted by molar-refractivity contribution is 7.19. The van der Waals surface area contributed by atoms with Crippen molar-refractivity contribution in [3.63, 3.8) is 0 Å². The molecule has 5 nitrogen and oxygen atoms in total. The highest BCUT2D eigenvalue weighted by Crippen LogP contribution is 2.25. The molecule has 0 spiro atoms. The minimum atomic E-state index is 0.681. The number of furan rings is 1. The van der Waals surface area contributed by atoms with E-state index in [0.29, 0.717) is 5.82 Å². The highest BCUT2D eigenvalue weighted by atomic mass is 32.1. The molecule has 22 heavy (non-hydrogen) atoms. The van der Waals surface area contributed by atoms with Crippen LogP contribution in [0.4, 0.5) is 0 Å². The number of benzene rings is 1. The molecule has 3 aromatic heterocycles. The van der Waals surface area contributed by atoms with Crippen molar-refractivity contribution in [2.45, 2.75) is 6.92 Å². The largest absolute Gasteiger partial charge is 0.465 e. The van der Waals surface area contributed by atoms with Gasteiger partial charge >= 0.3 is 0 Å². The third-order valence-electron chi connectivity index (χ3n) is 3.25. The zero-order valence-electron chi connectivity index (χ0n) is 11.8. The molecule has 0 aliphatic carbocycles. The van der Waals surface area contributed by atoms with Gasteiger partial charge < -0.3 is 4.42 Å². The molecule has 0 atom stereocenters. The summed E-state index contributed by atoms with van der Waals surface area (Å²) >= 11 is 1.52. The second-order valence-corrected chi connectivity index (χ2v) is 5.83. The van der Waals surface area contributed by atoms with Gasteiger partial charge in [-0.2, -0.15) is 9.61 Å². The maximum absolute atomic E-state index is 5.27. The van der Waals surface area contributed by atoms with Crippen molar-refractivity contribution in [3.8, 4) is 10.6 Å². The van der Waals surface area contributed by atoms with Crippen LogP contribution in [0, 0.1) is 6.92 Å². The molecule has 108 valence electrons. The van der Waals surface area contributed by atoms with Gasteiger partial charge in [0.05, 0.1) is 6.26 Å². The van der Waals surface area contributed by atoms with Crippen LogP contribution in [0.3, 0.4) is 0 Å². The molecule has 0 fully saturated rings. The summed E-state index contributed by atoms with van der Waals surface area (Å²) in [6, 6.07) is 12.0. The molecule has 0 unspecified atom stereocenters. The molecule has 0 saturated carbocycles. The van der Waals surface area contributed by atoms with Gasteiger partial charge in [-0.15, -0.1) is 10.2 Å². The fourth-order valence-corrected chi connectivity index (χ4v) is 2.94. The van der Waals surface area contributed by atoms with Gasteiger partial charge in [-0.25, -0.2) is 0 Å². The van der Waals surface area contributed by atoms with Gasteiger partial charge in [0.2, 0.25) is 4.96 Å². The topological polar surface area (TPSA) is 56.2 Å². The first kappa shape index (κ1) is 13.0. The summed E-state index contributed by atoms with van der Waals surface area (Å²) in [5.41, 5.74) is 2.32. The number of aromatic nitrogens is 4. The standard InChI is InChI=1S/C16H12N4OS/c1-11-4-6-12(7-5-11)15-19-20-14(17-18-16(20)22-15)9-8-13-3-2-10-21-13/h2-10H,1H3/b9-8+. The van der Waals surface area contributed by atoms with Crippen LogP contribution in [-0.4, -0.2) is 19.8 Å². The first-order valence-corrected chi connectivity index (χ1v) is 7.62. The average molecular weight is 308 g/mol. The second-order valence-electron chi connectivity index (χ2n) is 4.87. The van der Waals surface area contributed by atoms with Gasteiger partial charge in [0.15, 0.2) is 5.82 Å². The molecule has 0 saturated heterocycles. The van der Waals surface area contributed by atoms with E-state index in [-0.39, 0.29) is 0 Å². The average Bonchev–Trinajstić information content (AvgIpc) is 3.23. The van der Waals surface area contributed by atoms with E-state index in [1.54, 1.807) is 10.8 Å². The second kappa shape index (κ2) is 5.23. The fraction of sp³-hybridized carbons (Fsp3) is 0.0625. The van der Waals surface area contributed by atoms with Crippen LogP contribution in [0.25, 0.3) is 27.7 Å². The predicted octanol–water partition coefficient (Wildman–Crippen LogP) is 3.92. The van der Waals surface area contributed by atoms with Crippen molar-refractivity contribution in [2.75, 3.05) is 0 Å². The number of hydrogen-bond acceptors (Lipinski definition) is 5. The lowest BCUT2D eigenvalue weighted by Crippen LogP contribution is -1.89. The first-order chi connectivity index (χ1) is 10.8. The van der Waals surface area contributed by atoms with E-state index in [0.717, 1.165) is 21.3 Å². The Labute approximate surface area is 130 Å². The lowest BCUT2D eigenvalue weighted by molar-refractivity contribution is 0.557. The Hall–Kier alpha value is -2.73. The quantitative estimate of drug-likeness (QED) is 0.575. The van der Waals surface area contributed by atoms with Crippen molar-refractivity contribution < 1.29 is 4.42 Å². The zero-order valence-corrected chi connectivity index (χ0v) is 12.6. The molecular weight excluding hydrogens is 296 g/mol. The Balaban J connectivity index is 1.71. The van der Waals surface area contributed by atoms with Crippen molar-refractivity contribution in [1.82, 2.24) is 19.8 Å². The van der Waals surface area contributed by atoms with Crippen LogP contribution in [0.2, 0.25) is 0 Å². The van der Waals surface area contributed by atoms with E-state index < -0.39 is 0 Å². The molecule has 0 radical (unpaired) electrons. The lowest BCUT2D eigenvalue weighted by Gasteiger charge is -1.95. The number of hydrogen-bond donors (Lipinski definition) is 0. The number of fused-ring (bicyclic) bond motifs is 1. The first-order valence-electron chi connectivity index (χ1n) is 6.80. The monoisotopic (exact) mass is 308 g/mol. The van der Waals surface area contributed by atoms with E-state index in [1.165, 1.54) is 16.9 Å². The summed E-state index contributed by atoms with van der Waals surface area (Å²) in [4.78, 5) is 0.773. The van der Waals surface area contributed by atoms with Crippen LogP contribution in [0.1, 0.15) is 17.1 Å². The van der Waals surface area contributed by atoms with E-state index in [2.05, 4.69) is 46.5 Å². The summed E-state index contributed by atoms with van der Waals surface area (Å²) in [7, 11) is 0. The lowest BCUT2D eigenvalue weighted by atomic mass is 10.2. The minimum absolute atomic E-state index is 0.681. The van der Waals surface area contributed by atoms with Crippen molar-refractivity contribution in [2.24, 2.45) is 0 Å². The maximum Gasteiger partial charge on any atom is 0.235 e. The fourth-order valence-electron chi connectivity index (χ4n) is 2.09. The molecule has 4 aromatic rings. The number of nitrogens with zero attached hydrogens (tertiary/aromatic N) is 4. The summed E-state index contributed by atoms with van der Waals surface area (Å²) in [6.07, 6.45) is 5.33. The molecule has 1 aromatic carbocycles. The summed E-state index contributed by atoms with van der Waals surface area (Å²) in [5.74, 6) is 1.45. The third-order valence-corrected chi connectivity index (χ3v) is 4.20. The zero-order chi connectivity index (χ0) is 14.9. The molecule has 4 rings (SSSR count). The van der Waals surface area contributed by atoms with Gasteiger partial charge in [-0.05, 0) is 31.2 Å². The molecule has 0 bridgehead atoms. The van der Waals surface area contributed by atoms with Gasteiger partial charge in [-0.1, -0.05) is 41.2 Å². The van der Waals surface area contributed by atoms with E-state index >= 15 is 0 Å². The van der Waals surface area contributed by atoms with Crippen molar-refractivity contribution in [1.29, 1.82) is 0 Å². The van der Waals surface area contributed by atoms with Gasteiger partial charge in [0, 0.05) is 5.56 Å².